The first-order chi connectivity index (χ1) is 12.3. The van der Waals surface area contributed by atoms with Crippen molar-refractivity contribution in [1.29, 1.82) is 0 Å². The van der Waals surface area contributed by atoms with Crippen molar-refractivity contribution in [2.75, 3.05) is 0 Å². The second-order valence-electron chi connectivity index (χ2n) is 9.82. The molecule has 4 aliphatic carbocycles. The van der Waals surface area contributed by atoms with Gasteiger partial charge in [0.15, 0.2) is 0 Å². The number of carbonyl (C=O) groups is 1. The van der Waals surface area contributed by atoms with Gasteiger partial charge in [-0.2, -0.15) is 0 Å². The van der Waals surface area contributed by atoms with Crippen LogP contribution in [0.3, 0.4) is 0 Å². The minimum Gasteiger partial charge on any atom is -0.462 e. The van der Waals surface area contributed by atoms with Gasteiger partial charge in [-0.1, -0.05) is 43.7 Å². The van der Waals surface area contributed by atoms with Crippen LogP contribution in [0.1, 0.15) is 72.6 Å². The molecule has 2 heteroatoms. The minimum atomic E-state index is -0.134. The fourth-order valence-electron chi connectivity index (χ4n) is 7.19. The summed E-state index contributed by atoms with van der Waals surface area (Å²) in [5.41, 5.74) is 5.04. The summed E-state index contributed by atoms with van der Waals surface area (Å²) in [6, 6.07) is 0. The summed E-state index contributed by atoms with van der Waals surface area (Å²) in [7, 11) is 0. The lowest BCUT2D eigenvalue weighted by Gasteiger charge is -2.58. The predicted molar refractivity (Wildman–Crippen MR) is 106 cm³/mol. The van der Waals surface area contributed by atoms with Gasteiger partial charge >= 0.3 is 5.97 Å². The molecule has 0 heterocycles. The molecule has 4 aliphatic rings. The van der Waals surface area contributed by atoms with Crippen molar-refractivity contribution in [2.24, 2.45) is 28.6 Å². The topological polar surface area (TPSA) is 26.3 Å². The molecular formula is C24H34O2. The first kappa shape index (κ1) is 18.1. The van der Waals surface area contributed by atoms with Crippen molar-refractivity contribution < 1.29 is 9.53 Å². The van der Waals surface area contributed by atoms with Crippen molar-refractivity contribution in [3.63, 3.8) is 0 Å². The van der Waals surface area contributed by atoms with Crippen molar-refractivity contribution in [2.45, 2.75) is 78.7 Å². The van der Waals surface area contributed by atoms with E-state index in [0.717, 1.165) is 30.6 Å². The molecule has 0 aliphatic heterocycles. The normalized spacial score (nSPS) is 44.2. The molecule has 2 nitrogen and oxygen atoms in total. The Bertz CT molecular complexity index is 699. The van der Waals surface area contributed by atoms with E-state index < -0.39 is 0 Å². The highest BCUT2D eigenvalue weighted by atomic mass is 16.5. The molecule has 2 saturated carbocycles. The highest BCUT2D eigenvalue weighted by molar-refractivity contribution is 5.66. The SMILES string of the molecule is C=C(C)C1=CCC2C3CC=C4CC(OC(C)=O)CCC4(C)C3CCC12C. The molecule has 0 radical (unpaired) electrons. The molecule has 26 heavy (non-hydrogen) atoms. The summed E-state index contributed by atoms with van der Waals surface area (Å²) in [6.45, 7) is 13.0. The number of allylic oxidation sites excluding steroid dienone is 4. The zero-order chi connectivity index (χ0) is 18.7. The van der Waals surface area contributed by atoms with Gasteiger partial charge < -0.3 is 4.74 Å². The highest BCUT2D eigenvalue weighted by Crippen LogP contribution is 2.65. The van der Waals surface area contributed by atoms with Crippen LogP contribution >= 0.6 is 0 Å². The molecule has 0 bridgehead atoms. The second kappa shape index (κ2) is 6.11. The van der Waals surface area contributed by atoms with Gasteiger partial charge in [0, 0.05) is 13.3 Å². The van der Waals surface area contributed by atoms with Gasteiger partial charge in [-0.05, 0) is 79.6 Å². The summed E-state index contributed by atoms with van der Waals surface area (Å²) in [5.74, 6) is 2.22. The number of fused-ring (bicyclic) bond motifs is 5. The van der Waals surface area contributed by atoms with Crippen LogP contribution in [0.25, 0.3) is 0 Å². The van der Waals surface area contributed by atoms with E-state index in [1.165, 1.54) is 44.6 Å². The fourth-order valence-corrected chi connectivity index (χ4v) is 7.19. The molecule has 6 atom stereocenters. The lowest BCUT2D eigenvalue weighted by Crippen LogP contribution is -2.50. The van der Waals surface area contributed by atoms with Crippen molar-refractivity contribution in [3.8, 4) is 0 Å². The van der Waals surface area contributed by atoms with Gasteiger partial charge in [-0.3, -0.25) is 4.79 Å². The van der Waals surface area contributed by atoms with Crippen LogP contribution in [0.15, 0.2) is 35.5 Å². The van der Waals surface area contributed by atoms with E-state index in [-0.39, 0.29) is 12.1 Å². The zero-order valence-corrected chi connectivity index (χ0v) is 16.9. The van der Waals surface area contributed by atoms with Crippen LogP contribution in [0, 0.1) is 28.6 Å². The Morgan fingerprint density at radius 2 is 1.81 bits per heavy atom. The number of hydrogen-bond donors (Lipinski definition) is 0. The Balaban J connectivity index is 1.59. The van der Waals surface area contributed by atoms with Crippen molar-refractivity contribution in [1.82, 2.24) is 0 Å². The Labute approximate surface area is 158 Å². The smallest absolute Gasteiger partial charge is 0.302 e. The molecule has 0 amide bonds. The van der Waals surface area contributed by atoms with E-state index in [9.17, 15) is 4.79 Å². The summed E-state index contributed by atoms with van der Waals surface area (Å²) in [6.07, 6.45) is 13.3. The summed E-state index contributed by atoms with van der Waals surface area (Å²) < 4.78 is 5.55. The van der Waals surface area contributed by atoms with E-state index in [1.807, 2.05) is 0 Å². The summed E-state index contributed by atoms with van der Waals surface area (Å²) in [4.78, 5) is 11.4. The van der Waals surface area contributed by atoms with Crippen LogP contribution in [-0.2, 0) is 9.53 Å². The average Bonchev–Trinajstić information content (AvgIpc) is 2.92. The van der Waals surface area contributed by atoms with Gasteiger partial charge in [-0.15, -0.1) is 0 Å². The van der Waals surface area contributed by atoms with Gasteiger partial charge in [0.2, 0.25) is 0 Å². The molecular weight excluding hydrogens is 320 g/mol. The quantitative estimate of drug-likeness (QED) is 0.449. The molecule has 0 spiro atoms. The first-order valence-corrected chi connectivity index (χ1v) is 10.5. The molecule has 0 aromatic carbocycles. The molecule has 0 saturated heterocycles. The lowest BCUT2D eigenvalue weighted by atomic mass is 9.47. The van der Waals surface area contributed by atoms with E-state index in [4.69, 9.17) is 4.74 Å². The number of carbonyl (C=O) groups excluding carboxylic acids is 1. The minimum absolute atomic E-state index is 0.0976. The average molecular weight is 355 g/mol. The molecule has 0 N–H and O–H groups in total. The molecule has 2 fully saturated rings. The van der Waals surface area contributed by atoms with Crippen LogP contribution in [0.4, 0.5) is 0 Å². The van der Waals surface area contributed by atoms with Crippen molar-refractivity contribution in [3.05, 3.63) is 35.5 Å². The maximum Gasteiger partial charge on any atom is 0.302 e. The Kier molecular flexibility index (Phi) is 4.24. The van der Waals surface area contributed by atoms with Crippen LogP contribution in [0.2, 0.25) is 0 Å². The maximum absolute atomic E-state index is 11.4. The second-order valence-corrected chi connectivity index (χ2v) is 9.82. The van der Waals surface area contributed by atoms with Crippen LogP contribution < -0.4 is 0 Å². The Morgan fingerprint density at radius 1 is 1.08 bits per heavy atom. The van der Waals surface area contributed by atoms with Gasteiger partial charge in [0.1, 0.15) is 6.10 Å². The Morgan fingerprint density at radius 3 is 2.50 bits per heavy atom. The molecule has 4 rings (SSSR count). The lowest BCUT2D eigenvalue weighted by molar-refractivity contribution is -0.148. The van der Waals surface area contributed by atoms with E-state index in [0.29, 0.717) is 10.8 Å². The van der Waals surface area contributed by atoms with Gasteiger partial charge in [0.25, 0.3) is 0 Å². The Hall–Kier alpha value is -1.31. The van der Waals surface area contributed by atoms with E-state index in [1.54, 1.807) is 11.1 Å². The zero-order valence-electron chi connectivity index (χ0n) is 16.9. The predicted octanol–water partition coefficient (Wildman–Crippen LogP) is 5.99. The molecule has 6 unspecified atom stereocenters. The molecule has 0 aromatic rings. The van der Waals surface area contributed by atoms with Crippen LogP contribution in [0.5, 0.6) is 0 Å². The molecule has 142 valence electrons. The number of hydrogen-bond acceptors (Lipinski definition) is 2. The largest absolute Gasteiger partial charge is 0.462 e. The highest BCUT2D eigenvalue weighted by Gasteiger charge is 2.56. The fraction of sp³-hybridized carbons (Fsp3) is 0.708. The molecule has 0 aromatic heterocycles. The standard InChI is InChI=1S/C24H34O2/c1-15(2)20-8-9-21-19-7-6-17-14-18(26-16(3)25)10-12-23(17,4)22(19)11-13-24(20,21)5/h6,8,18-19,21-22H,1,7,9-14H2,2-5H3. The third kappa shape index (κ3) is 2.55. The number of ether oxygens (including phenoxy) is 1. The maximum atomic E-state index is 11.4. The van der Waals surface area contributed by atoms with Gasteiger partial charge in [0.05, 0.1) is 0 Å². The number of rotatable bonds is 2. The third-order valence-electron chi connectivity index (χ3n) is 8.43. The van der Waals surface area contributed by atoms with Gasteiger partial charge in [-0.25, -0.2) is 0 Å². The number of esters is 1. The van der Waals surface area contributed by atoms with E-state index >= 15 is 0 Å². The monoisotopic (exact) mass is 354 g/mol. The third-order valence-corrected chi connectivity index (χ3v) is 8.43. The van der Waals surface area contributed by atoms with Crippen LogP contribution in [-0.4, -0.2) is 12.1 Å². The van der Waals surface area contributed by atoms with E-state index in [2.05, 4.69) is 39.5 Å². The summed E-state index contributed by atoms with van der Waals surface area (Å²) >= 11 is 0. The first-order valence-electron chi connectivity index (χ1n) is 10.5. The summed E-state index contributed by atoms with van der Waals surface area (Å²) in [5, 5.41) is 0. The van der Waals surface area contributed by atoms with Crippen molar-refractivity contribution >= 4 is 5.97 Å².